The maximum Gasteiger partial charge on any atom is 0.229 e. The summed E-state index contributed by atoms with van der Waals surface area (Å²) in [7, 11) is -3.28. The fourth-order valence-electron chi connectivity index (χ4n) is 2.52. The zero-order valence-corrected chi connectivity index (χ0v) is 14.5. The van der Waals surface area contributed by atoms with E-state index in [2.05, 4.69) is 11.4 Å². The molecule has 0 aliphatic carbocycles. The Morgan fingerprint density at radius 3 is 2.73 bits per heavy atom. The van der Waals surface area contributed by atoms with Gasteiger partial charge < -0.3 is 5.32 Å². The Kier molecular flexibility index (Phi) is 4.90. The molecule has 0 aromatic carbocycles. The van der Waals surface area contributed by atoms with E-state index in [1.54, 1.807) is 0 Å². The second-order valence-corrected chi connectivity index (χ2v) is 8.76. The molecule has 22 heavy (non-hydrogen) atoms. The highest BCUT2D eigenvalue weighted by atomic mass is 32.2. The third-order valence-corrected chi connectivity index (χ3v) is 6.35. The molecule has 2 heterocycles. The van der Waals surface area contributed by atoms with Crippen LogP contribution in [0, 0.1) is 31.1 Å². The summed E-state index contributed by atoms with van der Waals surface area (Å²) >= 11 is 1.38. The second kappa shape index (κ2) is 6.36. The number of carbonyl (C=O) groups is 1. The zero-order chi connectivity index (χ0) is 16.5. The van der Waals surface area contributed by atoms with Gasteiger partial charge >= 0.3 is 0 Å². The van der Waals surface area contributed by atoms with Crippen molar-refractivity contribution >= 4 is 32.3 Å². The van der Waals surface area contributed by atoms with E-state index in [1.165, 1.54) is 15.6 Å². The summed E-state index contributed by atoms with van der Waals surface area (Å²) in [5, 5.41) is 12.6. The summed E-state index contributed by atoms with van der Waals surface area (Å²) in [6, 6.07) is 2.12. The molecule has 1 fully saturated rings. The van der Waals surface area contributed by atoms with Crippen molar-refractivity contribution in [3.63, 3.8) is 0 Å². The summed E-state index contributed by atoms with van der Waals surface area (Å²) in [5.41, 5.74) is 1.37. The van der Waals surface area contributed by atoms with Gasteiger partial charge in [0.1, 0.15) is 11.1 Å². The van der Waals surface area contributed by atoms with Crippen LogP contribution < -0.4 is 5.32 Å². The molecule has 0 saturated carbocycles. The molecular weight excluding hydrogens is 322 g/mol. The molecule has 1 saturated heterocycles. The smallest absolute Gasteiger partial charge is 0.229 e. The van der Waals surface area contributed by atoms with Crippen LogP contribution in [0.2, 0.25) is 0 Å². The average Bonchev–Trinajstić information content (AvgIpc) is 2.72. The number of nitrogens with zero attached hydrogens (tertiary/aromatic N) is 2. The third kappa shape index (κ3) is 3.48. The highest BCUT2D eigenvalue weighted by molar-refractivity contribution is 7.88. The maximum absolute atomic E-state index is 12.4. The van der Waals surface area contributed by atoms with Gasteiger partial charge in [-0.15, -0.1) is 11.3 Å². The Hall–Kier alpha value is -1.43. The van der Waals surface area contributed by atoms with Crippen LogP contribution >= 0.6 is 11.3 Å². The lowest BCUT2D eigenvalue weighted by Crippen LogP contribution is -2.43. The van der Waals surface area contributed by atoms with E-state index < -0.39 is 10.0 Å². The summed E-state index contributed by atoms with van der Waals surface area (Å²) in [6.45, 7) is 4.42. The van der Waals surface area contributed by atoms with Crippen LogP contribution in [0.1, 0.15) is 28.8 Å². The minimum absolute atomic E-state index is 0.204. The summed E-state index contributed by atoms with van der Waals surface area (Å²) in [6.07, 6.45) is 2.48. The normalized spacial score (nSPS) is 19.6. The SMILES string of the molecule is Cc1sc(NC(=O)C2CCCN(S(C)(=O)=O)C2)c(C#N)c1C. The van der Waals surface area contributed by atoms with E-state index in [-0.39, 0.29) is 18.4 Å². The number of nitrogens with one attached hydrogen (secondary N) is 1. The number of carbonyl (C=O) groups excluding carboxylic acids is 1. The number of sulfonamides is 1. The van der Waals surface area contributed by atoms with Gasteiger partial charge in [0.05, 0.1) is 17.7 Å². The number of nitriles is 1. The van der Waals surface area contributed by atoms with E-state index in [9.17, 15) is 18.5 Å². The van der Waals surface area contributed by atoms with Gasteiger partial charge in [0.2, 0.25) is 15.9 Å². The number of anilines is 1. The summed E-state index contributed by atoms with van der Waals surface area (Å²) < 4.78 is 24.6. The average molecular weight is 341 g/mol. The minimum Gasteiger partial charge on any atom is -0.316 e. The Morgan fingerprint density at radius 1 is 1.45 bits per heavy atom. The molecule has 1 unspecified atom stereocenters. The molecular formula is C14H19N3O3S2. The highest BCUT2D eigenvalue weighted by Gasteiger charge is 2.30. The second-order valence-electron chi connectivity index (χ2n) is 5.55. The molecule has 0 bridgehead atoms. The Morgan fingerprint density at radius 2 is 2.14 bits per heavy atom. The lowest BCUT2D eigenvalue weighted by Gasteiger charge is -2.29. The van der Waals surface area contributed by atoms with Crippen LogP contribution in [0.4, 0.5) is 5.00 Å². The molecule has 1 aromatic heterocycles. The maximum atomic E-state index is 12.4. The molecule has 1 N–H and O–H groups in total. The highest BCUT2D eigenvalue weighted by Crippen LogP contribution is 2.32. The first-order valence-corrected chi connectivity index (χ1v) is 9.66. The van der Waals surface area contributed by atoms with Gasteiger partial charge in [-0.1, -0.05) is 0 Å². The van der Waals surface area contributed by atoms with Crippen molar-refractivity contribution in [1.29, 1.82) is 5.26 Å². The molecule has 2 rings (SSSR count). The van der Waals surface area contributed by atoms with Crippen molar-refractivity contribution < 1.29 is 13.2 Å². The molecule has 1 amide bonds. The quantitative estimate of drug-likeness (QED) is 0.908. The lowest BCUT2D eigenvalue weighted by atomic mass is 9.99. The fourth-order valence-corrected chi connectivity index (χ4v) is 4.45. The van der Waals surface area contributed by atoms with E-state index in [0.717, 1.165) is 16.7 Å². The summed E-state index contributed by atoms with van der Waals surface area (Å²) in [5.74, 6) is -0.594. The Bertz CT molecular complexity index is 731. The fraction of sp³-hybridized carbons (Fsp3) is 0.571. The van der Waals surface area contributed by atoms with E-state index in [4.69, 9.17) is 0 Å². The van der Waals surface area contributed by atoms with Crippen LogP contribution in [-0.4, -0.2) is 38.0 Å². The van der Waals surface area contributed by atoms with Crippen LogP contribution in [0.5, 0.6) is 0 Å². The molecule has 1 aliphatic heterocycles. The van der Waals surface area contributed by atoms with Crippen molar-refractivity contribution in [2.75, 3.05) is 24.7 Å². The third-order valence-electron chi connectivity index (χ3n) is 3.96. The van der Waals surface area contributed by atoms with Crippen LogP contribution in [0.25, 0.3) is 0 Å². The first-order valence-electron chi connectivity index (χ1n) is 7.00. The van der Waals surface area contributed by atoms with E-state index in [0.29, 0.717) is 30.0 Å². The monoisotopic (exact) mass is 341 g/mol. The first kappa shape index (κ1) is 16.9. The number of piperidine rings is 1. The molecule has 6 nitrogen and oxygen atoms in total. The molecule has 0 radical (unpaired) electrons. The topological polar surface area (TPSA) is 90.3 Å². The number of hydrogen-bond acceptors (Lipinski definition) is 5. The molecule has 0 spiro atoms. The molecule has 120 valence electrons. The van der Waals surface area contributed by atoms with Crippen LogP contribution in [0.3, 0.4) is 0 Å². The van der Waals surface area contributed by atoms with Gasteiger partial charge in [-0.3, -0.25) is 4.79 Å². The van der Waals surface area contributed by atoms with Gasteiger partial charge in [0.15, 0.2) is 0 Å². The molecule has 8 heteroatoms. The Labute approximate surface area is 134 Å². The number of amides is 1. The van der Waals surface area contributed by atoms with Gasteiger partial charge in [-0.25, -0.2) is 12.7 Å². The molecule has 1 atom stereocenters. The predicted octanol–water partition coefficient (Wildman–Crippen LogP) is 1.85. The first-order chi connectivity index (χ1) is 10.2. The van der Waals surface area contributed by atoms with Crippen LogP contribution in [-0.2, 0) is 14.8 Å². The predicted molar refractivity (Wildman–Crippen MR) is 86.3 cm³/mol. The van der Waals surface area contributed by atoms with Crippen molar-refractivity contribution in [2.45, 2.75) is 26.7 Å². The number of rotatable bonds is 3. The van der Waals surface area contributed by atoms with E-state index in [1.807, 2.05) is 13.8 Å². The standard InChI is InChI=1S/C14H19N3O3S2/c1-9-10(2)21-14(12(9)7-15)16-13(18)11-5-4-6-17(8-11)22(3,19)20/h11H,4-6,8H2,1-3H3,(H,16,18). The molecule has 1 aliphatic rings. The summed E-state index contributed by atoms with van der Waals surface area (Å²) in [4.78, 5) is 13.4. The number of aryl methyl sites for hydroxylation is 1. The number of hydrogen-bond donors (Lipinski definition) is 1. The van der Waals surface area contributed by atoms with Crippen molar-refractivity contribution in [3.8, 4) is 6.07 Å². The molecule has 1 aromatic rings. The van der Waals surface area contributed by atoms with Gasteiger partial charge in [-0.2, -0.15) is 5.26 Å². The largest absolute Gasteiger partial charge is 0.316 e. The van der Waals surface area contributed by atoms with Crippen molar-refractivity contribution in [2.24, 2.45) is 5.92 Å². The van der Waals surface area contributed by atoms with Crippen molar-refractivity contribution in [1.82, 2.24) is 4.31 Å². The van der Waals surface area contributed by atoms with Crippen molar-refractivity contribution in [3.05, 3.63) is 16.0 Å². The van der Waals surface area contributed by atoms with Gasteiger partial charge in [-0.05, 0) is 32.3 Å². The number of thiophene rings is 1. The van der Waals surface area contributed by atoms with Gasteiger partial charge in [0.25, 0.3) is 0 Å². The Balaban J connectivity index is 2.13. The zero-order valence-electron chi connectivity index (χ0n) is 12.8. The van der Waals surface area contributed by atoms with Gasteiger partial charge in [0, 0.05) is 18.0 Å². The van der Waals surface area contributed by atoms with Crippen LogP contribution in [0.15, 0.2) is 0 Å². The lowest BCUT2D eigenvalue weighted by molar-refractivity contribution is -0.120. The minimum atomic E-state index is -3.28. The van der Waals surface area contributed by atoms with E-state index >= 15 is 0 Å².